The van der Waals surface area contributed by atoms with Gasteiger partial charge in [0.15, 0.2) is 21.4 Å². The van der Waals surface area contributed by atoms with E-state index in [1.807, 2.05) is 6.92 Å². The van der Waals surface area contributed by atoms with Crippen LogP contribution in [-0.4, -0.2) is 91.4 Å². The van der Waals surface area contributed by atoms with Crippen molar-refractivity contribution in [2.45, 2.75) is 56.1 Å². The number of aromatic hydroxyl groups is 1. The van der Waals surface area contributed by atoms with Crippen LogP contribution in [0, 0.1) is 0 Å². The molecule has 2 saturated heterocycles. The van der Waals surface area contributed by atoms with E-state index in [-0.39, 0.29) is 59.7 Å². The lowest BCUT2D eigenvalue weighted by molar-refractivity contribution is -0.148. The van der Waals surface area contributed by atoms with Crippen molar-refractivity contribution in [3.63, 3.8) is 0 Å². The first-order chi connectivity index (χ1) is 20.8. The molecule has 2 N–H and O–H groups in total. The summed E-state index contributed by atoms with van der Waals surface area (Å²) in [5.74, 6) is -1.88. The average Bonchev–Trinajstić information content (AvgIpc) is 3.01. The number of methoxy groups -OCH3 is 1. The van der Waals surface area contributed by atoms with Crippen molar-refractivity contribution >= 4 is 33.3 Å². The van der Waals surface area contributed by atoms with Gasteiger partial charge in [-0.25, -0.2) is 8.42 Å². The number of Topliss-reactive ketones (excluding diaryl/α,β-unsaturated/α-hetero) is 1. The predicted octanol–water partition coefficient (Wildman–Crippen LogP) is 2.40. The monoisotopic (exact) mass is 623 g/mol. The second-order valence-corrected chi connectivity index (χ2v) is 13.0. The summed E-state index contributed by atoms with van der Waals surface area (Å²) in [7, 11) is -2.33. The van der Waals surface area contributed by atoms with E-state index in [4.69, 9.17) is 4.74 Å². The molecule has 2 bridgehead atoms. The number of ether oxygens (including phenoxy) is 1. The Morgan fingerprint density at radius 3 is 2.43 bits per heavy atom. The van der Waals surface area contributed by atoms with Crippen LogP contribution in [0.15, 0.2) is 76.9 Å². The van der Waals surface area contributed by atoms with Gasteiger partial charge >= 0.3 is 0 Å². The number of ketones is 1. The van der Waals surface area contributed by atoms with Crippen LogP contribution in [0.3, 0.4) is 0 Å². The highest BCUT2D eigenvalue weighted by atomic mass is 32.2. The molecule has 3 atom stereocenters. The molecule has 0 radical (unpaired) electrons. The summed E-state index contributed by atoms with van der Waals surface area (Å²) in [6.45, 7) is 3.50. The fraction of sp³-hybridized carbons (Fsp3) is 0.375. The maximum Gasteiger partial charge on any atom is 0.287 e. The van der Waals surface area contributed by atoms with Gasteiger partial charge in [-0.15, -0.1) is 0 Å². The zero-order valence-corrected chi connectivity index (χ0v) is 26.0. The largest absolute Gasteiger partial charge is 0.508 e. The number of likely N-dealkylation sites (tertiary alicyclic amines) is 2. The molecule has 0 saturated carbocycles. The van der Waals surface area contributed by atoms with E-state index in [9.17, 15) is 32.7 Å². The number of amides is 3. The van der Waals surface area contributed by atoms with Gasteiger partial charge in [0.1, 0.15) is 11.8 Å². The molecule has 2 aromatic carbocycles. The SMILES string of the molecule is C/C=C(C)/C=C(\OC)C(=O)NC(Cc1ccc(O)cc1)C(=O)N1CC[C@@H]2CC1C(=O)CN2C(=O)c1ccccc1S(C)(=O)=O. The molecular formula is C32H37N3O8S. The van der Waals surface area contributed by atoms with Crippen LogP contribution < -0.4 is 5.32 Å². The van der Waals surface area contributed by atoms with Crippen LogP contribution in [0.5, 0.6) is 5.75 Å². The third-order valence-corrected chi connectivity index (χ3v) is 9.17. The Labute approximate surface area is 257 Å². The molecule has 234 valence electrons. The number of hydrogen-bond acceptors (Lipinski definition) is 8. The molecule has 0 aromatic heterocycles. The number of fused-ring (bicyclic) bond motifs is 2. The van der Waals surface area contributed by atoms with Gasteiger partial charge < -0.3 is 25.0 Å². The lowest BCUT2D eigenvalue weighted by Gasteiger charge is -2.48. The van der Waals surface area contributed by atoms with Crippen molar-refractivity contribution in [1.29, 1.82) is 0 Å². The number of nitrogens with one attached hydrogen (secondary N) is 1. The normalized spacial score (nSPS) is 19.8. The number of rotatable bonds is 9. The molecule has 12 heteroatoms. The number of phenolic OH excluding ortho intramolecular Hbond substituents is 1. The highest BCUT2D eigenvalue weighted by Gasteiger charge is 2.46. The number of benzene rings is 2. The highest BCUT2D eigenvalue weighted by molar-refractivity contribution is 7.90. The molecule has 2 fully saturated rings. The van der Waals surface area contributed by atoms with Gasteiger partial charge in [-0.2, -0.15) is 0 Å². The van der Waals surface area contributed by atoms with Gasteiger partial charge in [0.05, 0.1) is 30.2 Å². The van der Waals surface area contributed by atoms with Crippen molar-refractivity contribution < 1.29 is 37.4 Å². The first-order valence-electron chi connectivity index (χ1n) is 14.2. The minimum Gasteiger partial charge on any atom is -0.508 e. The fourth-order valence-corrected chi connectivity index (χ4v) is 6.45. The minimum absolute atomic E-state index is 0.00610. The maximum atomic E-state index is 14.0. The third kappa shape index (κ3) is 7.19. The van der Waals surface area contributed by atoms with E-state index in [0.29, 0.717) is 12.0 Å². The number of piperidine rings is 2. The number of hydrogen-bond donors (Lipinski definition) is 2. The van der Waals surface area contributed by atoms with Crippen LogP contribution in [0.2, 0.25) is 0 Å². The number of sulfone groups is 1. The number of phenols is 1. The van der Waals surface area contributed by atoms with Crippen LogP contribution >= 0.6 is 0 Å². The first-order valence-corrected chi connectivity index (χ1v) is 16.1. The minimum atomic E-state index is -3.69. The van der Waals surface area contributed by atoms with Crippen molar-refractivity contribution in [2.75, 3.05) is 26.5 Å². The number of carbonyl (C=O) groups excluding carboxylic acids is 4. The lowest BCUT2D eigenvalue weighted by Crippen LogP contribution is -2.65. The lowest BCUT2D eigenvalue weighted by atomic mass is 9.87. The zero-order valence-electron chi connectivity index (χ0n) is 25.1. The molecule has 0 spiro atoms. The first kappa shape index (κ1) is 32.5. The summed E-state index contributed by atoms with van der Waals surface area (Å²) in [5.41, 5.74) is 1.47. The van der Waals surface area contributed by atoms with Crippen molar-refractivity contribution in [3.05, 3.63) is 83.1 Å². The van der Waals surface area contributed by atoms with Crippen LogP contribution in [-0.2, 0) is 35.4 Å². The topological polar surface area (TPSA) is 150 Å². The second kappa shape index (κ2) is 13.5. The standard InChI is InChI=1S/C32H37N3O8S/c1-5-20(2)16-28(43-3)30(38)33-25(17-21-10-12-23(36)13-11-21)32(40)34-15-14-22-18-26(34)27(37)19-35(22)31(39)24-8-6-7-9-29(24)44(4,41)42/h5-13,16,22,25-26,36H,14-15,17-19H2,1-4H3,(H,33,38)/b20-5+,28-16-/t22-,25?,26?/m1/s1. The van der Waals surface area contributed by atoms with Gasteiger partial charge in [0.2, 0.25) is 5.91 Å². The van der Waals surface area contributed by atoms with Crippen molar-refractivity contribution in [3.8, 4) is 5.75 Å². The molecule has 0 aliphatic carbocycles. The van der Waals surface area contributed by atoms with E-state index in [0.717, 1.165) is 11.8 Å². The van der Waals surface area contributed by atoms with E-state index in [1.165, 1.54) is 47.2 Å². The number of nitrogens with zero attached hydrogens (tertiary/aromatic N) is 2. The van der Waals surface area contributed by atoms with E-state index in [2.05, 4.69) is 5.32 Å². The van der Waals surface area contributed by atoms with Gasteiger partial charge in [-0.1, -0.05) is 35.9 Å². The molecule has 2 aliphatic heterocycles. The molecule has 2 aliphatic rings. The molecular weight excluding hydrogens is 586 g/mol. The van der Waals surface area contributed by atoms with Gasteiger partial charge in [-0.3, -0.25) is 19.2 Å². The van der Waals surface area contributed by atoms with Crippen molar-refractivity contribution in [2.24, 2.45) is 0 Å². The van der Waals surface area contributed by atoms with Gasteiger partial charge in [0.25, 0.3) is 11.8 Å². The quantitative estimate of drug-likeness (QED) is 0.246. The Kier molecular flexibility index (Phi) is 9.93. The number of carbonyl (C=O) groups is 4. The molecule has 3 amide bonds. The molecule has 2 heterocycles. The number of allylic oxidation sites excluding steroid dienone is 3. The Morgan fingerprint density at radius 2 is 1.80 bits per heavy atom. The Hall–Kier alpha value is -4.45. The Bertz CT molecular complexity index is 1610. The molecule has 44 heavy (non-hydrogen) atoms. The summed E-state index contributed by atoms with van der Waals surface area (Å²) in [4.78, 5) is 56.9. The average molecular weight is 624 g/mol. The highest BCUT2D eigenvalue weighted by Crippen LogP contribution is 2.31. The molecule has 4 rings (SSSR count). The van der Waals surface area contributed by atoms with E-state index >= 15 is 0 Å². The summed E-state index contributed by atoms with van der Waals surface area (Å²) in [6, 6.07) is 9.94. The van der Waals surface area contributed by atoms with Crippen molar-refractivity contribution in [1.82, 2.24) is 15.1 Å². The Balaban J connectivity index is 1.57. The fourth-order valence-electron chi connectivity index (χ4n) is 5.56. The van der Waals surface area contributed by atoms with E-state index in [1.54, 1.807) is 37.3 Å². The summed E-state index contributed by atoms with van der Waals surface area (Å²) in [5, 5.41) is 12.5. The smallest absolute Gasteiger partial charge is 0.287 e. The predicted molar refractivity (Wildman–Crippen MR) is 162 cm³/mol. The van der Waals surface area contributed by atoms with Gasteiger partial charge in [-0.05, 0) is 62.6 Å². The van der Waals surface area contributed by atoms with Crippen LogP contribution in [0.4, 0.5) is 0 Å². The Morgan fingerprint density at radius 1 is 1.11 bits per heavy atom. The summed E-state index contributed by atoms with van der Waals surface area (Å²) in [6.07, 6.45) is 5.05. The second-order valence-electron chi connectivity index (χ2n) is 11.0. The van der Waals surface area contributed by atoms with Gasteiger partial charge in [0, 0.05) is 25.3 Å². The third-order valence-electron chi connectivity index (χ3n) is 8.01. The maximum absolute atomic E-state index is 14.0. The van der Waals surface area contributed by atoms with Crippen LogP contribution in [0.1, 0.15) is 42.6 Å². The summed E-state index contributed by atoms with van der Waals surface area (Å²) < 4.78 is 29.9. The molecule has 2 unspecified atom stereocenters. The van der Waals surface area contributed by atoms with Crippen LogP contribution in [0.25, 0.3) is 0 Å². The van der Waals surface area contributed by atoms with E-state index < -0.39 is 39.6 Å². The molecule has 2 aromatic rings. The molecule has 11 nitrogen and oxygen atoms in total. The zero-order chi connectivity index (χ0) is 32.2. The summed E-state index contributed by atoms with van der Waals surface area (Å²) >= 11 is 0.